The smallest absolute Gasteiger partial charge is 0.462 e. The van der Waals surface area contributed by atoms with Gasteiger partial charge in [-0.15, -0.1) is 0 Å². The Morgan fingerprint density at radius 1 is 0.296 bits per heavy atom. The average molecular weight is 1200 g/mol. The van der Waals surface area contributed by atoms with Gasteiger partial charge in [-0.05, 0) is 25.7 Å². The molecule has 0 saturated heterocycles. The molecule has 0 amide bonds. The zero-order valence-electron chi connectivity index (χ0n) is 51.7. The lowest BCUT2D eigenvalue weighted by molar-refractivity contribution is -0.161. The van der Waals surface area contributed by atoms with Crippen molar-refractivity contribution >= 4 is 39.5 Å². The number of aliphatic hydroxyl groups is 1. The van der Waals surface area contributed by atoms with Crippen molar-refractivity contribution in [3.8, 4) is 0 Å². The Kier molecular flexibility index (Phi) is 55.8. The minimum atomic E-state index is -4.94. The molecule has 0 fully saturated rings. The number of hydrogen-bond donors (Lipinski definition) is 3. The number of phosphoric acid groups is 2. The Labute approximate surface area is 492 Å². The standard InChI is InChI=1S/C62H120O17P2/c1-5-9-13-17-21-25-27-28-30-33-37-41-45-49-62(67)79-58(53-73-60(65)47-43-39-35-32-29-26-22-18-14-10-6-2)55-77-81(70,71)75-51-56(63)50-74-80(68,69)76-54-57(52-72-59(64)46-42-38-34-24-20-16-12-8-4)78-61(66)48-44-40-36-31-23-19-15-11-7-3/h56-58,63H,5-55H2,1-4H3,(H,68,69)(H,70,71)/t56-,57+,58+/m0/s1. The van der Waals surface area contributed by atoms with Crippen molar-refractivity contribution in [3.63, 3.8) is 0 Å². The lowest BCUT2D eigenvalue weighted by Crippen LogP contribution is -2.30. The quantitative estimate of drug-likeness (QED) is 0.0222. The number of phosphoric ester groups is 2. The van der Waals surface area contributed by atoms with E-state index in [1.54, 1.807) is 0 Å². The SMILES string of the molecule is CCCCCCCCCCCCCCCC(=O)O[C@H](COC(=O)CCCCCCCCCCCCC)COP(=O)(O)OC[C@@H](O)COP(=O)(O)OC[C@@H](COC(=O)CCCCCCCCCC)OC(=O)CCCCCCCCCCC. The summed E-state index contributed by atoms with van der Waals surface area (Å²) in [5.41, 5.74) is 0. The topological polar surface area (TPSA) is 237 Å². The molecule has 81 heavy (non-hydrogen) atoms. The molecule has 0 bridgehead atoms. The maximum Gasteiger partial charge on any atom is 0.472 e. The summed E-state index contributed by atoms with van der Waals surface area (Å²) in [5, 5.41) is 10.5. The van der Waals surface area contributed by atoms with Crippen molar-refractivity contribution in [1.82, 2.24) is 0 Å². The van der Waals surface area contributed by atoms with Gasteiger partial charge in [-0.1, -0.05) is 265 Å². The summed E-state index contributed by atoms with van der Waals surface area (Å²) in [6.45, 7) is 4.84. The second-order valence-electron chi connectivity index (χ2n) is 22.4. The van der Waals surface area contributed by atoms with Crippen molar-refractivity contribution in [2.75, 3.05) is 39.6 Å². The van der Waals surface area contributed by atoms with Gasteiger partial charge in [0.2, 0.25) is 0 Å². The number of ether oxygens (including phenoxy) is 4. The van der Waals surface area contributed by atoms with Crippen LogP contribution in [0.2, 0.25) is 0 Å². The van der Waals surface area contributed by atoms with Gasteiger partial charge >= 0.3 is 39.5 Å². The Morgan fingerprint density at radius 3 is 0.728 bits per heavy atom. The van der Waals surface area contributed by atoms with E-state index in [2.05, 4.69) is 27.7 Å². The molecule has 480 valence electrons. The molecule has 5 atom stereocenters. The zero-order valence-corrected chi connectivity index (χ0v) is 53.5. The first-order valence-electron chi connectivity index (χ1n) is 32.8. The highest BCUT2D eigenvalue weighted by Gasteiger charge is 2.30. The average Bonchev–Trinajstić information content (AvgIpc) is 3.44. The maximum atomic E-state index is 13.0. The fourth-order valence-electron chi connectivity index (χ4n) is 9.28. The number of carbonyl (C=O) groups excluding carboxylic acids is 4. The molecule has 0 spiro atoms. The van der Waals surface area contributed by atoms with Gasteiger partial charge in [-0.3, -0.25) is 37.3 Å². The van der Waals surface area contributed by atoms with Gasteiger partial charge in [0.05, 0.1) is 26.4 Å². The largest absolute Gasteiger partial charge is 0.472 e. The van der Waals surface area contributed by atoms with Gasteiger partial charge in [-0.2, -0.15) is 0 Å². The number of unbranched alkanes of at least 4 members (excludes halogenated alkanes) is 37. The molecule has 3 N–H and O–H groups in total. The zero-order chi connectivity index (χ0) is 59.8. The highest BCUT2D eigenvalue weighted by molar-refractivity contribution is 7.47. The van der Waals surface area contributed by atoms with E-state index in [0.29, 0.717) is 25.7 Å². The third-order valence-corrected chi connectivity index (χ3v) is 16.3. The van der Waals surface area contributed by atoms with E-state index in [-0.39, 0.29) is 25.7 Å². The number of esters is 4. The van der Waals surface area contributed by atoms with Gasteiger partial charge in [0.25, 0.3) is 0 Å². The minimum Gasteiger partial charge on any atom is -0.462 e. The van der Waals surface area contributed by atoms with E-state index < -0.39 is 97.5 Å². The Bertz CT molecular complexity index is 1570. The highest BCUT2D eigenvalue weighted by atomic mass is 31.2. The normalized spacial score (nSPS) is 14.2. The lowest BCUT2D eigenvalue weighted by Gasteiger charge is -2.21. The van der Waals surface area contributed by atoms with Crippen LogP contribution in [0.25, 0.3) is 0 Å². The van der Waals surface area contributed by atoms with Crippen molar-refractivity contribution in [1.29, 1.82) is 0 Å². The predicted octanol–water partition coefficient (Wildman–Crippen LogP) is 17.2. The van der Waals surface area contributed by atoms with E-state index in [4.69, 9.17) is 37.0 Å². The lowest BCUT2D eigenvalue weighted by atomic mass is 10.0. The first-order chi connectivity index (χ1) is 39.2. The summed E-state index contributed by atoms with van der Waals surface area (Å²) in [5.74, 6) is -2.14. The molecule has 0 radical (unpaired) electrons. The molecule has 0 saturated carbocycles. The summed E-state index contributed by atoms with van der Waals surface area (Å²) < 4.78 is 67.8. The fraction of sp³-hybridized carbons (Fsp3) is 0.935. The van der Waals surface area contributed by atoms with Crippen LogP contribution in [0.5, 0.6) is 0 Å². The number of rotatable bonds is 63. The number of carbonyl (C=O) groups is 4. The van der Waals surface area contributed by atoms with Crippen LogP contribution in [0.1, 0.15) is 317 Å². The molecule has 0 aromatic rings. The monoisotopic (exact) mass is 1200 g/mol. The summed E-state index contributed by atoms with van der Waals surface area (Å²) in [6.07, 6.45) is 41.6. The van der Waals surface area contributed by atoms with Gasteiger partial charge in [-0.25, -0.2) is 9.13 Å². The maximum absolute atomic E-state index is 13.0. The summed E-state index contributed by atoms with van der Waals surface area (Å²) >= 11 is 0. The van der Waals surface area contributed by atoms with Crippen LogP contribution in [0.3, 0.4) is 0 Å². The molecule has 0 heterocycles. The van der Waals surface area contributed by atoms with Crippen molar-refractivity contribution < 1.29 is 80.2 Å². The van der Waals surface area contributed by atoms with E-state index in [9.17, 15) is 43.2 Å². The Balaban J connectivity index is 5.21. The van der Waals surface area contributed by atoms with E-state index in [1.807, 2.05) is 0 Å². The number of aliphatic hydroxyl groups excluding tert-OH is 1. The van der Waals surface area contributed by atoms with Gasteiger partial charge in [0.15, 0.2) is 12.2 Å². The summed E-state index contributed by atoms with van der Waals surface area (Å²) in [6, 6.07) is 0. The molecular formula is C62H120O17P2. The highest BCUT2D eigenvalue weighted by Crippen LogP contribution is 2.45. The van der Waals surface area contributed by atoms with Crippen LogP contribution in [0, 0.1) is 0 Å². The molecule has 0 aliphatic carbocycles. The van der Waals surface area contributed by atoms with Gasteiger partial charge < -0.3 is 33.8 Å². The number of hydrogen-bond acceptors (Lipinski definition) is 15. The molecular weight excluding hydrogens is 1080 g/mol. The third-order valence-electron chi connectivity index (χ3n) is 14.4. The van der Waals surface area contributed by atoms with Crippen LogP contribution in [0.15, 0.2) is 0 Å². The summed E-state index contributed by atoms with van der Waals surface area (Å²) in [4.78, 5) is 72.0. The van der Waals surface area contributed by atoms with Crippen LogP contribution >= 0.6 is 15.6 Å². The van der Waals surface area contributed by atoms with E-state index in [1.165, 1.54) is 141 Å². The van der Waals surface area contributed by atoms with Gasteiger partial charge in [0.1, 0.15) is 19.3 Å². The molecule has 0 rings (SSSR count). The third kappa shape index (κ3) is 56.9. The molecule has 2 unspecified atom stereocenters. The Morgan fingerprint density at radius 2 is 0.494 bits per heavy atom. The molecule has 17 nitrogen and oxygen atoms in total. The van der Waals surface area contributed by atoms with E-state index >= 15 is 0 Å². The Hall–Kier alpha value is -1.94. The predicted molar refractivity (Wildman–Crippen MR) is 322 cm³/mol. The van der Waals surface area contributed by atoms with Crippen molar-refractivity contribution in [3.05, 3.63) is 0 Å². The molecule has 0 aliphatic rings. The van der Waals surface area contributed by atoms with Crippen LogP contribution in [0.4, 0.5) is 0 Å². The molecule has 19 heteroatoms. The van der Waals surface area contributed by atoms with Crippen LogP contribution < -0.4 is 0 Å². The minimum absolute atomic E-state index is 0.106. The van der Waals surface area contributed by atoms with Crippen LogP contribution in [-0.4, -0.2) is 96.7 Å². The van der Waals surface area contributed by atoms with Crippen LogP contribution in [-0.2, 0) is 65.4 Å². The second kappa shape index (κ2) is 57.2. The summed E-state index contributed by atoms with van der Waals surface area (Å²) in [7, 11) is -9.87. The fourth-order valence-corrected chi connectivity index (χ4v) is 10.9. The van der Waals surface area contributed by atoms with Crippen molar-refractivity contribution in [2.24, 2.45) is 0 Å². The van der Waals surface area contributed by atoms with Gasteiger partial charge in [0, 0.05) is 25.7 Å². The first kappa shape index (κ1) is 79.1. The molecule has 0 aromatic heterocycles. The second-order valence-corrected chi connectivity index (χ2v) is 25.4. The first-order valence-corrected chi connectivity index (χ1v) is 35.8. The molecule has 0 aliphatic heterocycles. The van der Waals surface area contributed by atoms with E-state index in [0.717, 1.165) is 96.3 Å². The van der Waals surface area contributed by atoms with Crippen molar-refractivity contribution in [2.45, 2.75) is 335 Å². The molecule has 0 aromatic carbocycles.